The molecule has 0 spiro atoms. The molecule has 2 aromatic heterocycles. The van der Waals surface area contributed by atoms with Gasteiger partial charge in [-0.25, -0.2) is 4.79 Å². The van der Waals surface area contributed by atoms with Crippen molar-refractivity contribution in [3.8, 4) is 12.0 Å². The summed E-state index contributed by atoms with van der Waals surface area (Å²) < 4.78 is 12.3. The molecular weight excluding hydrogens is 370 g/mol. The Labute approximate surface area is 168 Å². The summed E-state index contributed by atoms with van der Waals surface area (Å²) in [5.41, 5.74) is 2.14. The van der Waals surface area contributed by atoms with Gasteiger partial charge in [-0.05, 0) is 44.0 Å². The lowest BCUT2D eigenvalue weighted by molar-refractivity contribution is -0.124. The molecule has 0 aliphatic heterocycles. The lowest BCUT2D eigenvalue weighted by Crippen LogP contribution is -2.31. The number of benzene rings is 1. The molecule has 2 heterocycles. The van der Waals surface area contributed by atoms with E-state index in [4.69, 9.17) is 9.15 Å². The fraction of sp³-hybridized carbons (Fsp3) is 0.227. The highest BCUT2D eigenvalue weighted by molar-refractivity contribution is 5.95. The van der Waals surface area contributed by atoms with Crippen LogP contribution in [0.15, 0.2) is 53.2 Å². The Balaban J connectivity index is 1.68. The summed E-state index contributed by atoms with van der Waals surface area (Å²) in [7, 11) is 0. The Morgan fingerprint density at radius 3 is 2.55 bits per heavy atom. The van der Waals surface area contributed by atoms with Crippen molar-refractivity contribution in [2.75, 3.05) is 6.61 Å². The van der Waals surface area contributed by atoms with Crippen molar-refractivity contribution in [1.29, 1.82) is 5.26 Å². The number of rotatable bonds is 6. The van der Waals surface area contributed by atoms with E-state index in [1.165, 1.54) is 0 Å². The minimum atomic E-state index is -0.778. The molecule has 0 radical (unpaired) electrons. The maximum Gasteiger partial charge on any atom is 0.343 e. The molecule has 7 heteroatoms. The average Bonchev–Trinajstić information content (AvgIpc) is 3.33. The molecule has 29 heavy (non-hydrogen) atoms. The molecule has 0 fully saturated rings. The van der Waals surface area contributed by atoms with Gasteiger partial charge >= 0.3 is 5.97 Å². The third-order valence-corrected chi connectivity index (χ3v) is 4.59. The topological polar surface area (TPSA) is 97.3 Å². The van der Waals surface area contributed by atoms with Gasteiger partial charge in [0.1, 0.15) is 23.0 Å². The van der Waals surface area contributed by atoms with Crippen molar-refractivity contribution in [3.63, 3.8) is 0 Å². The lowest BCUT2D eigenvalue weighted by atomic mass is 10.0. The highest BCUT2D eigenvalue weighted by Crippen LogP contribution is 2.26. The first-order valence-corrected chi connectivity index (χ1v) is 9.11. The Morgan fingerprint density at radius 1 is 1.21 bits per heavy atom. The highest BCUT2D eigenvalue weighted by Gasteiger charge is 2.26. The standard InChI is InChI=1S/C22H21N3O4/c1-14-8-4-5-9-17(14)15(2)24-19(26)13-28-22(27)20-16(3)29-21(18(20)12-23)25-10-6-7-11-25/h4-11,15H,13H2,1-3H3,(H,24,26)/t15-/m0/s1. The van der Waals surface area contributed by atoms with E-state index < -0.39 is 18.5 Å². The predicted octanol–water partition coefficient (Wildman–Crippen LogP) is 3.59. The Morgan fingerprint density at radius 2 is 1.90 bits per heavy atom. The number of aromatic nitrogens is 1. The van der Waals surface area contributed by atoms with E-state index in [1.54, 1.807) is 36.0 Å². The van der Waals surface area contributed by atoms with Crippen LogP contribution in [0.3, 0.4) is 0 Å². The first-order valence-electron chi connectivity index (χ1n) is 9.11. The normalized spacial score (nSPS) is 11.5. The molecule has 0 saturated heterocycles. The Hall–Kier alpha value is -3.79. The third kappa shape index (κ3) is 4.22. The largest absolute Gasteiger partial charge is 0.452 e. The fourth-order valence-corrected chi connectivity index (χ4v) is 3.17. The van der Waals surface area contributed by atoms with Crippen LogP contribution in [0.1, 0.15) is 45.8 Å². The van der Waals surface area contributed by atoms with Crippen LogP contribution >= 0.6 is 0 Å². The highest BCUT2D eigenvalue weighted by atomic mass is 16.5. The number of ether oxygens (including phenoxy) is 1. The zero-order valence-electron chi connectivity index (χ0n) is 16.4. The van der Waals surface area contributed by atoms with Crippen LogP contribution in [-0.4, -0.2) is 23.1 Å². The molecule has 7 nitrogen and oxygen atoms in total. The number of aryl methyl sites for hydroxylation is 2. The van der Waals surface area contributed by atoms with Crippen LogP contribution in [0.25, 0.3) is 5.88 Å². The van der Waals surface area contributed by atoms with Gasteiger partial charge in [-0.2, -0.15) is 5.26 Å². The van der Waals surface area contributed by atoms with E-state index in [0.29, 0.717) is 0 Å². The maximum atomic E-state index is 12.5. The van der Waals surface area contributed by atoms with Crippen LogP contribution in [0.4, 0.5) is 0 Å². The quantitative estimate of drug-likeness (QED) is 0.648. The SMILES string of the molecule is Cc1ccccc1[C@H](C)NC(=O)COC(=O)c1c(C)oc(-n2cccc2)c1C#N. The number of hydrogen-bond acceptors (Lipinski definition) is 5. The van der Waals surface area contributed by atoms with Gasteiger partial charge in [-0.15, -0.1) is 0 Å². The Bertz CT molecular complexity index is 1070. The zero-order valence-corrected chi connectivity index (χ0v) is 16.4. The van der Waals surface area contributed by atoms with Crippen LogP contribution in [0, 0.1) is 25.2 Å². The molecule has 148 valence electrons. The minimum absolute atomic E-state index is 0.0240. The summed E-state index contributed by atoms with van der Waals surface area (Å²) in [4.78, 5) is 24.7. The van der Waals surface area contributed by atoms with Gasteiger partial charge in [0.05, 0.1) is 6.04 Å². The van der Waals surface area contributed by atoms with Crippen molar-refractivity contribution < 1.29 is 18.7 Å². The van der Waals surface area contributed by atoms with Crippen molar-refractivity contribution in [2.24, 2.45) is 0 Å². The number of nitrogens with one attached hydrogen (secondary N) is 1. The molecule has 3 rings (SSSR count). The van der Waals surface area contributed by atoms with Gasteiger partial charge in [0.25, 0.3) is 5.91 Å². The van der Waals surface area contributed by atoms with Crippen LogP contribution in [0.5, 0.6) is 0 Å². The second-order valence-corrected chi connectivity index (χ2v) is 6.64. The number of furan rings is 1. The lowest BCUT2D eigenvalue weighted by Gasteiger charge is -2.16. The van der Waals surface area contributed by atoms with E-state index in [9.17, 15) is 14.9 Å². The number of carbonyl (C=O) groups is 2. The molecule has 1 aromatic carbocycles. The molecule has 0 aliphatic rings. The van der Waals surface area contributed by atoms with Gasteiger partial charge < -0.3 is 14.5 Å². The molecule has 0 bridgehead atoms. The fourth-order valence-electron chi connectivity index (χ4n) is 3.17. The summed E-state index contributed by atoms with van der Waals surface area (Å²) in [5, 5.41) is 12.3. The van der Waals surface area contributed by atoms with Crippen molar-refractivity contribution >= 4 is 11.9 Å². The smallest absolute Gasteiger partial charge is 0.343 e. The van der Waals surface area contributed by atoms with Crippen LogP contribution < -0.4 is 5.32 Å². The number of esters is 1. The monoisotopic (exact) mass is 391 g/mol. The van der Waals surface area contributed by atoms with Gasteiger partial charge in [0, 0.05) is 12.4 Å². The van der Waals surface area contributed by atoms with E-state index in [-0.39, 0.29) is 28.8 Å². The second-order valence-electron chi connectivity index (χ2n) is 6.64. The third-order valence-electron chi connectivity index (χ3n) is 4.59. The predicted molar refractivity (Wildman–Crippen MR) is 106 cm³/mol. The summed E-state index contributed by atoms with van der Waals surface area (Å²) in [6.07, 6.45) is 3.41. The van der Waals surface area contributed by atoms with Crippen molar-refractivity contribution in [3.05, 3.63) is 76.8 Å². The molecule has 1 N–H and O–H groups in total. The zero-order chi connectivity index (χ0) is 21.0. The van der Waals surface area contributed by atoms with Gasteiger partial charge in [-0.3, -0.25) is 9.36 Å². The summed E-state index contributed by atoms with van der Waals surface area (Å²) in [6.45, 7) is 4.94. The van der Waals surface area contributed by atoms with E-state index in [1.807, 2.05) is 44.2 Å². The molecule has 0 saturated carbocycles. The average molecular weight is 391 g/mol. The number of amides is 1. The summed E-state index contributed by atoms with van der Waals surface area (Å²) in [6, 6.07) is 13.0. The van der Waals surface area contributed by atoms with E-state index >= 15 is 0 Å². The summed E-state index contributed by atoms with van der Waals surface area (Å²) >= 11 is 0. The maximum absolute atomic E-state index is 12.5. The Kier molecular flexibility index (Phi) is 5.84. The first kappa shape index (κ1) is 20.0. The molecule has 0 unspecified atom stereocenters. The molecule has 1 atom stereocenters. The number of nitriles is 1. The number of nitrogens with zero attached hydrogens (tertiary/aromatic N) is 2. The second kappa shape index (κ2) is 8.48. The molecule has 0 aliphatic carbocycles. The molecule has 3 aromatic rings. The minimum Gasteiger partial charge on any atom is -0.452 e. The van der Waals surface area contributed by atoms with Crippen LogP contribution in [-0.2, 0) is 9.53 Å². The van der Waals surface area contributed by atoms with Crippen molar-refractivity contribution in [1.82, 2.24) is 9.88 Å². The first-order chi connectivity index (χ1) is 13.9. The van der Waals surface area contributed by atoms with Crippen LogP contribution in [0.2, 0.25) is 0 Å². The molecule has 1 amide bonds. The number of carbonyl (C=O) groups excluding carboxylic acids is 2. The number of hydrogen-bond donors (Lipinski definition) is 1. The molecular formula is C22H21N3O4. The van der Waals surface area contributed by atoms with E-state index in [2.05, 4.69) is 5.32 Å². The summed E-state index contributed by atoms with van der Waals surface area (Å²) in [5.74, 6) is -0.720. The van der Waals surface area contributed by atoms with Gasteiger partial charge in [-0.1, -0.05) is 24.3 Å². The van der Waals surface area contributed by atoms with E-state index in [0.717, 1.165) is 11.1 Å². The van der Waals surface area contributed by atoms with Gasteiger partial charge in [0.15, 0.2) is 6.61 Å². The van der Waals surface area contributed by atoms with Gasteiger partial charge in [0.2, 0.25) is 5.88 Å². The van der Waals surface area contributed by atoms with Crippen molar-refractivity contribution in [2.45, 2.75) is 26.8 Å².